The zero-order chi connectivity index (χ0) is 20.1. The van der Waals surface area contributed by atoms with Crippen molar-refractivity contribution in [2.45, 2.75) is 71.0 Å². The average molecular weight is 381 g/mol. The summed E-state index contributed by atoms with van der Waals surface area (Å²) in [7, 11) is 0. The number of ether oxygens (including phenoxy) is 4. The number of carbonyl (C=O) groups excluding carboxylic acids is 1. The van der Waals surface area contributed by atoms with Crippen LogP contribution in [0.1, 0.15) is 40.2 Å². The summed E-state index contributed by atoms with van der Waals surface area (Å²) in [6, 6.07) is 9.64. The predicted molar refractivity (Wildman–Crippen MR) is 99.8 cm³/mol. The van der Waals surface area contributed by atoms with Crippen molar-refractivity contribution in [3.8, 4) is 0 Å². The first kappa shape index (κ1) is 21.8. The zero-order valence-electron chi connectivity index (χ0n) is 16.7. The molecule has 0 saturated carbocycles. The lowest BCUT2D eigenvalue weighted by molar-refractivity contribution is -0.191. The summed E-state index contributed by atoms with van der Waals surface area (Å²) < 4.78 is 22.5. The van der Waals surface area contributed by atoms with Crippen LogP contribution >= 0.6 is 0 Å². The Morgan fingerprint density at radius 2 is 2.00 bits per heavy atom. The zero-order valence-corrected chi connectivity index (χ0v) is 16.7. The van der Waals surface area contributed by atoms with Crippen LogP contribution in [0.25, 0.3) is 0 Å². The highest BCUT2D eigenvalue weighted by atomic mass is 16.6. The van der Waals surface area contributed by atoms with Crippen molar-refractivity contribution in [3.63, 3.8) is 0 Å². The third-order valence-corrected chi connectivity index (χ3v) is 3.99. The highest BCUT2D eigenvalue weighted by Gasteiger charge is 2.54. The van der Waals surface area contributed by atoms with E-state index >= 15 is 0 Å². The van der Waals surface area contributed by atoms with Gasteiger partial charge in [0, 0.05) is 0 Å². The minimum absolute atomic E-state index is 0.0138. The van der Waals surface area contributed by atoms with Crippen molar-refractivity contribution >= 4 is 5.97 Å². The molecule has 1 aliphatic heterocycles. The van der Waals surface area contributed by atoms with E-state index in [1.807, 2.05) is 30.3 Å². The quantitative estimate of drug-likeness (QED) is 0.526. The van der Waals surface area contributed by atoms with E-state index in [2.05, 4.69) is 5.32 Å². The van der Waals surface area contributed by atoms with Gasteiger partial charge in [0.05, 0.1) is 25.9 Å². The van der Waals surface area contributed by atoms with Gasteiger partial charge in [0.2, 0.25) is 6.41 Å². The molecule has 27 heavy (non-hydrogen) atoms. The SMILES string of the molecule is CC(C)OC(O)NC1(C(=O)OC(C)(C)C)COCC1OCc1ccccc1. The van der Waals surface area contributed by atoms with Crippen LogP contribution in [0, 0.1) is 0 Å². The molecule has 1 aliphatic rings. The molecule has 0 aromatic heterocycles. The van der Waals surface area contributed by atoms with Gasteiger partial charge >= 0.3 is 5.97 Å². The van der Waals surface area contributed by atoms with Gasteiger partial charge in [0.25, 0.3) is 0 Å². The summed E-state index contributed by atoms with van der Waals surface area (Å²) >= 11 is 0. The number of aliphatic hydroxyl groups excluding tert-OH is 1. The van der Waals surface area contributed by atoms with Crippen LogP contribution in [-0.4, -0.2) is 54.1 Å². The smallest absolute Gasteiger partial charge is 0.332 e. The van der Waals surface area contributed by atoms with Crippen molar-refractivity contribution in [3.05, 3.63) is 35.9 Å². The van der Waals surface area contributed by atoms with Gasteiger partial charge in [-0.25, -0.2) is 10.1 Å². The Kier molecular flexibility index (Phi) is 7.36. The summed E-state index contributed by atoms with van der Waals surface area (Å²) in [5.74, 6) is -0.544. The molecule has 1 heterocycles. The van der Waals surface area contributed by atoms with E-state index in [0.717, 1.165) is 5.56 Å². The molecule has 0 amide bonds. The van der Waals surface area contributed by atoms with Gasteiger partial charge < -0.3 is 24.1 Å². The Bertz CT molecular complexity index is 600. The Balaban J connectivity index is 2.19. The van der Waals surface area contributed by atoms with Crippen LogP contribution in [0.15, 0.2) is 30.3 Å². The van der Waals surface area contributed by atoms with Crippen LogP contribution in [0.3, 0.4) is 0 Å². The highest BCUT2D eigenvalue weighted by molar-refractivity contribution is 5.83. The van der Waals surface area contributed by atoms with Crippen molar-refractivity contribution in [1.29, 1.82) is 0 Å². The fourth-order valence-corrected chi connectivity index (χ4v) is 2.79. The molecule has 0 spiro atoms. The van der Waals surface area contributed by atoms with Crippen LogP contribution in [-0.2, 0) is 30.3 Å². The first-order valence-corrected chi connectivity index (χ1v) is 9.20. The molecule has 1 saturated heterocycles. The van der Waals surface area contributed by atoms with Gasteiger partial charge in [0.1, 0.15) is 11.7 Å². The molecule has 1 fully saturated rings. The number of nitrogens with one attached hydrogen (secondary N) is 1. The van der Waals surface area contributed by atoms with E-state index in [1.165, 1.54) is 0 Å². The van der Waals surface area contributed by atoms with Crippen molar-refractivity contribution < 1.29 is 28.8 Å². The number of rotatable bonds is 8. The Labute approximate surface area is 160 Å². The molecule has 3 unspecified atom stereocenters. The number of benzene rings is 1. The van der Waals surface area contributed by atoms with E-state index in [1.54, 1.807) is 34.6 Å². The molecule has 3 atom stereocenters. The standard InChI is InChI=1S/C20H31NO6/c1-14(2)26-18(23)21-20(17(22)27-19(3,4)5)13-24-12-16(20)25-11-15-9-7-6-8-10-15/h6-10,14,16,18,21,23H,11-13H2,1-5H3. The number of hydrogen-bond acceptors (Lipinski definition) is 7. The summed E-state index contributed by atoms with van der Waals surface area (Å²) in [6.45, 7) is 9.47. The Hall–Kier alpha value is -1.51. The van der Waals surface area contributed by atoms with Gasteiger partial charge in [-0.15, -0.1) is 0 Å². The molecular formula is C20H31NO6. The number of hydrogen-bond donors (Lipinski definition) is 2. The lowest BCUT2D eigenvalue weighted by Gasteiger charge is -2.36. The maximum Gasteiger partial charge on any atom is 0.332 e. The third kappa shape index (κ3) is 6.26. The molecule has 1 aromatic rings. The summed E-state index contributed by atoms with van der Waals surface area (Å²) in [4.78, 5) is 13.0. The second-order valence-electron chi connectivity index (χ2n) is 7.96. The van der Waals surface area contributed by atoms with E-state index < -0.39 is 29.6 Å². The first-order valence-electron chi connectivity index (χ1n) is 9.20. The second kappa shape index (κ2) is 9.12. The molecular weight excluding hydrogens is 350 g/mol. The minimum Gasteiger partial charge on any atom is -0.458 e. The summed E-state index contributed by atoms with van der Waals surface area (Å²) in [6.07, 6.45) is -2.23. The fraction of sp³-hybridized carbons (Fsp3) is 0.650. The highest BCUT2D eigenvalue weighted by Crippen LogP contribution is 2.28. The molecule has 1 aromatic carbocycles. The molecule has 2 N–H and O–H groups in total. The second-order valence-corrected chi connectivity index (χ2v) is 7.96. The van der Waals surface area contributed by atoms with Gasteiger partial charge in [-0.1, -0.05) is 30.3 Å². The monoisotopic (exact) mass is 381 g/mol. The summed E-state index contributed by atoms with van der Waals surface area (Å²) in [5, 5.41) is 13.1. The van der Waals surface area contributed by atoms with E-state index in [0.29, 0.717) is 6.61 Å². The third-order valence-electron chi connectivity index (χ3n) is 3.99. The average Bonchev–Trinajstić information content (AvgIpc) is 2.95. The number of carbonyl (C=O) groups is 1. The lowest BCUT2D eigenvalue weighted by atomic mass is 9.95. The summed E-state index contributed by atoms with van der Waals surface area (Å²) in [5.41, 5.74) is -1.08. The molecule has 0 bridgehead atoms. The predicted octanol–water partition coefficient (Wildman–Crippen LogP) is 1.97. The van der Waals surface area contributed by atoms with Crippen LogP contribution in [0.2, 0.25) is 0 Å². The lowest BCUT2D eigenvalue weighted by Crippen LogP contribution is -2.65. The maximum atomic E-state index is 13.0. The van der Waals surface area contributed by atoms with Crippen LogP contribution in [0.5, 0.6) is 0 Å². The van der Waals surface area contributed by atoms with Gasteiger partial charge in [-0.05, 0) is 40.2 Å². The molecule has 2 rings (SSSR count). The minimum atomic E-state index is -1.36. The largest absolute Gasteiger partial charge is 0.458 e. The van der Waals surface area contributed by atoms with Crippen molar-refractivity contribution in [1.82, 2.24) is 5.32 Å². The first-order chi connectivity index (χ1) is 12.6. The van der Waals surface area contributed by atoms with Gasteiger partial charge in [-0.3, -0.25) is 0 Å². The molecule has 7 nitrogen and oxygen atoms in total. The van der Waals surface area contributed by atoms with E-state index in [-0.39, 0.29) is 19.3 Å². The molecule has 7 heteroatoms. The van der Waals surface area contributed by atoms with Crippen molar-refractivity contribution in [2.75, 3.05) is 13.2 Å². The van der Waals surface area contributed by atoms with E-state index in [4.69, 9.17) is 18.9 Å². The molecule has 0 radical (unpaired) electrons. The molecule has 152 valence electrons. The maximum absolute atomic E-state index is 13.0. The fourth-order valence-electron chi connectivity index (χ4n) is 2.79. The topological polar surface area (TPSA) is 86.3 Å². The molecule has 0 aliphatic carbocycles. The van der Waals surface area contributed by atoms with E-state index in [9.17, 15) is 9.90 Å². The number of esters is 1. The van der Waals surface area contributed by atoms with Gasteiger partial charge in [-0.2, -0.15) is 0 Å². The Morgan fingerprint density at radius 3 is 2.59 bits per heavy atom. The number of aliphatic hydroxyl groups is 1. The van der Waals surface area contributed by atoms with Crippen LogP contribution in [0.4, 0.5) is 0 Å². The van der Waals surface area contributed by atoms with Gasteiger partial charge in [0.15, 0.2) is 5.54 Å². The van der Waals surface area contributed by atoms with Crippen molar-refractivity contribution in [2.24, 2.45) is 0 Å². The normalized spacial score (nSPS) is 24.2. The Morgan fingerprint density at radius 1 is 1.33 bits per heavy atom. The van der Waals surface area contributed by atoms with Crippen LogP contribution < -0.4 is 5.32 Å².